The highest BCUT2D eigenvalue weighted by molar-refractivity contribution is 5.04. The molecule has 0 radical (unpaired) electrons. The highest BCUT2D eigenvalue weighted by atomic mass is 16.3. The van der Waals surface area contributed by atoms with Crippen LogP contribution in [-0.2, 0) is 13.0 Å². The summed E-state index contributed by atoms with van der Waals surface area (Å²) < 4.78 is 4.93. The van der Waals surface area contributed by atoms with Crippen molar-refractivity contribution in [3.63, 3.8) is 0 Å². The Labute approximate surface area is 53.3 Å². The Bertz CT molecular complexity index is 164. The second-order valence-corrected chi connectivity index (χ2v) is 1.73. The predicted molar refractivity (Wildman–Crippen MR) is 31.8 cm³/mol. The number of rotatable bonds is 2. The highest BCUT2D eigenvalue weighted by Gasteiger charge is 2.01. The van der Waals surface area contributed by atoms with E-state index in [9.17, 15) is 0 Å². The Balaban J connectivity index is 2.85. The molecule has 0 saturated carbocycles. The summed E-state index contributed by atoms with van der Waals surface area (Å²) in [6.07, 6.45) is 2.14. The zero-order valence-corrected chi connectivity index (χ0v) is 5.29. The van der Waals surface area contributed by atoms with Crippen molar-refractivity contribution in [2.24, 2.45) is 0 Å². The summed E-state index contributed by atoms with van der Waals surface area (Å²) in [5.41, 5.74) is 0.650. The lowest BCUT2D eigenvalue weighted by atomic mass is 10.3. The van der Waals surface area contributed by atoms with Crippen molar-refractivity contribution < 1.29 is 9.52 Å². The minimum absolute atomic E-state index is 0.0281. The number of hydrogen-bond donors (Lipinski definition) is 1. The molecule has 1 N–H and O–H groups in total. The number of aliphatic hydroxyl groups excluding tert-OH is 1. The van der Waals surface area contributed by atoms with Gasteiger partial charge in [-0.15, -0.1) is 0 Å². The monoisotopic (exact) mass is 127 g/mol. The van der Waals surface area contributed by atoms with Crippen molar-refractivity contribution >= 4 is 0 Å². The number of oxazole rings is 1. The van der Waals surface area contributed by atoms with Gasteiger partial charge in [0.1, 0.15) is 11.5 Å². The van der Waals surface area contributed by atoms with E-state index in [0.29, 0.717) is 5.69 Å². The van der Waals surface area contributed by atoms with E-state index in [-0.39, 0.29) is 6.61 Å². The van der Waals surface area contributed by atoms with Gasteiger partial charge in [0.25, 0.3) is 0 Å². The lowest BCUT2D eigenvalue weighted by molar-refractivity contribution is 0.274. The number of aromatic nitrogens is 1. The largest absolute Gasteiger partial charge is 0.448 e. The predicted octanol–water partition coefficient (Wildman–Crippen LogP) is 0.729. The first-order valence-corrected chi connectivity index (χ1v) is 2.90. The lowest BCUT2D eigenvalue weighted by Crippen LogP contribution is -1.87. The summed E-state index contributed by atoms with van der Waals surface area (Å²) in [5, 5.41) is 8.62. The van der Waals surface area contributed by atoms with Crippen LogP contribution in [0.25, 0.3) is 0 Å². The molecule has 0 spiro atoms. The third-order valence-electron chi connectivity index (χ3n) is 1.20. The quantitative estimate of drug-likeness (QED) is 0.637. The van der Waals surface area contributed by atoms with E-state index in [2.05, 4.69) is 4.98 Å². The van der Waals surface area contributed by atoms with Gasteiger partial charge in [0.05, 0.1) is 6.61 Å². The van der Waals surface area contributed by atoms with Crippen LogP contribution in [-0.4, -0.2) is 10.1 Å². The number of aliphatic hydroxyl groups is 1. The van der Waals surface area contributed by atoms with E-state index < -0.39 is 0 Å². The maximum Gasteiger partial charge on any atom is 0.181 e. The van der Waals surface area contributed by atoms with Crippen molar-refractivity contribution in [2.75, 3.05) is 0 Å². The van der Waals surface area contributed by atoms with Crippen LogP contribution in [0.3, 0.4) is 0 Å². The summed E-state index contributed by atoms with van der Waals surface area (Å²) >= 11 is 0. The maximum absolute atomic E-state index is 8.62. The van der Waals surface area contributed by atoms with Crippen LogP contribution in [0.5, 0.6) is 0 Å². The molecule has 9 heavy (non-hydrogen) atoms. The zero-order chi connectivity index (χ0) is 6.69. The van der Waals surface area contributed by atoms with E-state index in [1.165, 1.54) is 6.39 Å². The van der Waals surface area contributed by atoms with Gasteiger partial charge < -0.3 is 9.52 Å². The van der Waals surface area contributed by atoms with E-state index in [0.717, 1.165) is 12.2 Å². The first-order valence-electron chi connectivity index (χ1n) is 2.90. The number of nitrogens with zero attached hydrogens (tertiary/aromatic N) is 1. The second-order valence-electron chi connectivity index (χ2n) is 1.73. The van der Waals surface area contributed by atoms with Crippen molar-refractivity contribution in [3.05, 3.63) is 17.8 Å². The van der Waals surface area contributed by atoms with Gasteiger partial charge in [-0.1, -0.05) is 6.92 Å². The molecule has 3 nitrogen and oxygen atoms in total. The Hall–Kier alpha value is -0.830. The van der Waals surface area contributed by atoms with Crippen LogP contribution in [0.15, 0.2) is 10.8 Å². The van der Waals surface area contributed by atoms with Gasteiger partial charge in [-0.3, -0.25) is 0 Å². The van der Waals surface area contributed by atoms with E-state index in [4.69, 9.17) is 9.52 Å². The summed E-state index contributed by atoms with van der Waals surface area (Å²) in [7, 11) is 0. The minimum Gasteiger partial charge on any atom is -0.448 e. The van der Waals surface area contributed by atoms with E-state index in [1.807, 2.05) is 6.92 Å². The Morgan fingerprint density at radius 3 is 3.00 bits per heavy atom. The molecule has 1 rings (SSSR count). The van der Waals surface area contributed by atoms with E-state index >= 15 is 0 Å². The van der Waals surface area contributed by atoms with Crippen LogP contribution >= 0.6 is 0 Å². The molecule has 0 fully saturated rings. The van der Waals surface area contributed by atoms with E-state index in [1.54, 1.807) is 0 Å². The third kappa shape index (κ3) is 1.10. The molecule has 50 valence electrons. The topological polar surface area (TPSA) is 46.3 Å². The standard InChI is InChI=1S/C6H9NO2/c1-2-6-5(3-8)7-4-9-6/h4,8H,2-3H2,1H3. The second kappa shape index (κ2) is 2.64. The van der Waals surface area contributed by atoms with Crippen molar-refractivity contribution in [1.29, 1.82) is 0 Å². The van der Waals surface area contributed by atoms with Gasteiger partial charge in [0.15, 0.2) is 6.39 Å². The Kier molecular flexibility index (Phi) is 1.85. The molecule has 0 bridgehead atoms. The normalized spacial score (nSPS) is 10.0. The SMILES string of the molecule is CCc1ocnc1CO. The average molecular weight is 127 g/mol. The molecule has 0 aliphatic carbocycles. The average Bonchev–Trinajstić information content (AvgIpc) is 2.33. The van der Waals surface area contributed by atoms with Crippen LogP contribution in [0, 0.1) is 0 Å². The molecule has 1 aromatic heterocycles. The number of hydrogen-bond acceptors (Lipinski definition) is 3. The summed E-state index contributed by atoms with van der Waals surface area (Å²) in [5.74, 6) is 0.775. The molecule has 0 aromatic carbocycles. The highest BCUT2D eigenvalue weighted by Crippen LogP contribution is 2.05. The van der Waals surface area contributed by atoms with Gasteiger partial charge >= 0.3 is 0 Å². The smallest absolute Gasteiger partial charge is 0.181 e. The maximum atomic E-state index is 8.62. The summed E-state index contributed by atoms with van der Waals surface area (Å²) in [6, 6.07) is 0. The Morgan fingerprint density at radius 2 is 2.56 bits per heavy atom. The van der Waals surface area contributed by atoms with Crippen molar-refractivity contribution in [3.8, 4) is 0 Å². The van der Waals surface area contributed by atoms with Gasteiger partial charge in [-0.25, -0.2) is 4.98 Å². The van der Waals surface area contributed by atoms with Crippen LogP contribution in [0.2, 0.25) is 0 Å². The zero-order valence-electron chi connectivity index (χ0n) is 5.29. The van der Waals surface area contributed by atoms with Gasteiger partial charge in [-0.2, -0.15) is 0 Å². The molecule has 0 amide bonds. The minimum atomic E-state index is -0.0281. The van der Waals surface area contributed by atoms with Gasteiger partial charge in [-0.05, 0) is 0 Å². The Morgan fingerprint density at radius 1 is 1.78 bits per heavy atom. The van der Waals surface area contributed by atoms with Crippen LogP contribution < -0.4 is 0 Å². The first kappa shape index (κ1) is 6.29. The van der Waals surface area contributed by atoms with Gasteiger partial charge in [0.2, 0.25) is 0 Å². The fourth-order valence-corrected chi connectivity index (χ4v) is 0.710. The third-order valence-corrected chi connectivity index (χ3v) is 1.20. The molecule has 0 unspecified atom stereocenters. The fourth-order valence-electron chi connectivity index (χ4n) is 0.710. The molecule has 0 aliphatic rings. The van der Waals surface area contributed by atoms with Crippen molar-refractivity contribution in [1.82, 2.24) is 4.98 Å². The van der Waals surface area contributed by atoms with Crippen molar-refractivity contribution in [2.45, 2.75) is 20.0 Å². The molecule has 1 aromatic rings. The number of aryl methyl sites for hydroxylation is 1. The van der Waals surface area contributed by atoms with Crippen LogP contribution in [0.1, 0.15) is 18.4 Å². The molecule has 0 atom stereocenters. The molecular weight excluding hydrogens is 118 g/mol. The fraction of sp³-hybridized carbons (Fsp3) is 0.500. The van der Waals surface area contributed by atoms with Crippen LogP contribution in [0.4, 0.5) is 0 Å². The van der Waals surface area contributed by atoms with Gasteiger partial charge in [0, 0.05) is 6.42 Å². The molecule has 0 aliphatic heterocycles. The molecule has 3 heteroatoms. The summed E-state index contributed by atoms with van der Waals surface area (Å²) in [4.78, 5) is 3.79. The lowest BCUT2D eigenvalue weighted by Gasteiger charge is -1.89. The molecule has 1 heterocycles. The first-order chi connectivity index (χ1) is 4.38. The molecular formula is C6H9NO2. The molecule has 0 saturated heterocycles. The summed E-state index contributed by atoms with van der Waals surface area (Å²) in [6.45, 7) is 1.93.